The minimum Gasteiger partial charge on any atom is -0.469 e. The molecular formula is C37H50N4O6S. The molecule has 0 aliphatic carbocycles. The molecule has 11 heteroatoms. The molecule has 1 aromatic heterocycles. The number of carbonyl (C=O) groups is 4. The number of amides is 3. The van der Waals surface area contributed by atoms with Crippen LogP contribution in [0.2, 0.25) is 0 Å². The number of esters is 1. The molecule has 0 fully saturated rings. The van der Waals surface area contributed by atoms with Gasteiger partial charge in [-0.3, -0.25) is 14.4 Å². The summed E-state index contributed by atoms with van der Waals surface area (Å²) in [5.74, 6) is -0.753. The molecule has 0 aliphatic heterocycles. The Labute approximate surface area is 288 Å². The van der Waals surface area contributed by atoms with Crippen molar-refractivity contribution >= 4 is 35.2 Å². The van der Waals surface area contributed by atoms with Crippen molar-refractivity contribution in [2.45, 2.75) is 91.0 Å². The summed E-state index contributed by atoms with van der Waals surface area (Å²) >= 11 is 1.41. The number of nitrogens with one attached hydrogen (secondary N) is 2. The predicted octanol–water partition coefficient (Wildman–Crippen LogP) is 6.19. The van der Waals surface area contributed by atoms with Crippen LogP contribution >= 0.6 is 11.3 Å². The first-order valence-electron chi connectivity index (χ1n) is 16.6. The third kappa shape index (κ3) is 12.1. The summed E-state index contributed by atoms with van der Waals surface area (Å²) in [6.07, 6.45) is 2.50. The van der Waals surface area contributed by atoms with Crippen molar-refractivity contribution in [1.82, 2.24) is 20.5 Å². The van der Waals surface area contributed by atoms with E-state index in [2.05, 4.69) is 29.5 Å². The van der Waals surface area contributed by atoms with Crippen LogP contribution in [-0.4, -0.2) is 66.0 Å². The molecule has 3 rings (SSSR count). The third-order valence-corrected chi connectivity index (χ3v) is 9.51. The molecule has 0 spiro atoms. The summed E-state index contributed by atoms with van der Waals surface area (Å²) in [5.41, 5.74) is 2.25. The van der Waals surface area contributed by atoms with Gasteiger partial charge >= 0.3 is 12.1 Å². The zero-order valence-electron chi connectivity index (χ0n) is 28.9. The van der Waals surface area contributed by atoms with Crippen LogP contribution in [0.15, 0.2) is 66.0 Å². The molecule has 3 amide bonds. The molecule has 2 N–H and O–H groups in total. The molecule has 10 nitrogen and oxygen atoms in total. The fourth-order valence-electron chi connectivity index (χ4n) is 5.51. The highest BCUT2D eigenvalue weighted by Crippen LogP contribution is 2.22. The molecule has 0 unspecified atom stereocenters. The first-order valence-corrected chi connectivity index (χ1v) is 17.5. The van der Waals surface area contributed by atoms with E-state index >= 15 is 0 Å². The van der Waals surface area contributed by atoms with Crippen LogP contribution in [0.3, 0.4) is 0 Å². The zero-order chi connectivity index (χ0) is 35.1. The number of carbonyl (C=O) groups excluding carboxylic acids is 4. The number of alkyl carbamates (subject to hydrolysis) is 1. The van der Waals surface area contributed by atoms with Gasteiger partial charge < -0.3 is 25.0 Å². The molecule has 2 aromatic carbocycles. The number of likely N-dealkylation sites (N-methyl/N-ethyl adjacent to an activating group) is 1. The lowest BCUT2D eigenvalue weighted by atomic mass is 9.94. The third-order valence-electron chi connectivity index (χ3n) is 8.60. The Morgan fingerprint density at radius 3 is 2.17 bits per heavy atom. The van der Waals surface area contributed by atoms with Crippen molar-refractivity contribution in [2.24, 2.45) is 11.8 Å². The summed E-state index contributed by atoms with van der Waals surface area (Å²) in [5, 5.41) is 8.41. The van der Waals surface area contributed by atoms with Gasteiger partial charge in [0.1, 0.15) is 18.3 Å². The molecule has 3 aromatic rings. The van der Waals surface area contributed by atoms with Crippen molar-refractivity contribution < 1.29 is 28.7 Å². The number of aryl methyl sites for hydroxylation is 1. The molecule has 4 atom stereocenters. The van der Waals surface area contributed by atoms with Crippen molar-refractivity contribution in [2.75, 3.05) is 14.2 Å². The van der Waals surface area contributed by atoms with E-state index < -0.39 is 12.1 Å². The molecule has 48 heavy (non-hydrogen) atoms. The van der Waals surface area contributed by atoms with E-state index in [1.165, 1.54) is 18.4 Å². The number of rotatable bonds is 18. The summed E-state index contributed by atoms with van der Waals surface area (Å²) in [4.78, 5) is 57.9. The van der Waals surface area contributed by atoms with Gasteiger partial charge in [-0.15, -0.1) is 11.3 Å². The normalized spacial score (nSPS) is 13.6. The molecule has 0 saturated carbocycles. The average Bonchev–Trinajstić information content (AvgIpc) is 3.58. The number of aromatic nitrogens is 1. The van der Waals surface area contributed by atoms with E-state index in [0.29, 0.717) is 37.8 Å². The second kappa shape index (κ2) is 19.5. The van der Waals surface area contributed by atoms with E-state index in [9.17, 15) is 19.2 Å². The topological polar surface area (TPSA) is 127 Å². The largest absolute Gasteiger partial charge is 0.469 e. The lowest BCUT2D eigenvalue weighted by Crippen LogP contribution is -2.54. The first-order chi connectivity index (χ1) is 23.0. The number of benzene rings is 2. The average molecular weight is 679 g/mol. The number of ether oxygens (including phenoxy) is 2. The number of hydrogen-bond acceptors (Lipinski definition) is 8. The first kappa shape index (κ1) is 38.2. The summed E-state index contributed by atoms with van der Waals surface area (Å²) in [6.45, 7) is 8.18. The lowest BCUT2D eigenvalue weighted by molar-refractivity contribution is -0.141. The Balaban J connectivity index is 1.62. The maximum absolute atomic E-state index is 13.8. The summed E-state index contributed by atoms with van der Waals surface area (Å²) in [6, 6.07) is 18.1. The van der Waals surface area contributed by atoms with Gasteiger partial charge in [-0.25, -0.2) is 9.78 Å². The summed E-state index contributed by atoms with van der Waals surface area (Å²) < 4.78 is 10.2. The van der Waals surface area contributed by atoms with Gasteiger partial charge in [0.25, 0.3) is 5.91 Å². The van der Waals surface area contributed by atoms with E-state index in [0.717, 1.165) is 16.1 Å². The smallest absolute Gasteiger partial charge is 0.408 e. The molecular weight excluding hydrogens is 628 g/mol. The van der Waals surface area contributed by atoms with E-state index in [4.69, 9.17) is 9.47 Å². The standard InChI is InChI=1S/C37H50N4O6S/c1-7-26(4)34(40-37(45)47-23-28-16-12-9-13-17-28)36(44)41(5)31(25(2)3)19-20-32-39-30(24-48-32)35(43)38-29(18-21-33(42)46-6)22-27-14-10-8-11-15-27/h8-17,24-26,29,31,34H,7,18-23H2,1-6H3,(H,38,43)(H,40,45)/t26-,29+,31+,34-/m0/s1. The SMILES string of the molecule is CC[C@H](C)[C@H](NC(=O)OCc1ccccc1)C(=O)N(C)[C@H](CCc1nc(C(=O)N[C@H](CCC(=O)OC)Cc2ccccc2)cs1)C(C)C. The highest BCUT2D eigenvalue weighted by Gasteiger charge is 2.33. The lowest BCUT2D eigenvalue weighted by Gasteiger charge is -2.35. The Morgan fingerprint density at radius 2 is 1.56 bits per heavy atom. The van der Waals surface area contributed by atoms with Crippen LogP contribution in [0.25, 0.3) is 0 Å². The number of hydrogen-bond donors (Lipinski definition) is 2. The van der Waals surface area contributed by atoms with E-state index in [1.807, 2.05) is 74.5 Å². The predicted molar refractivity (Wildman–Crippen MR) is 187 cm³/mol. The molecule has 0 saturated heterocycles. The van der Waals surface area contributed by atoms with Crippen LogP contribution < -0.4 is 10.6 Å². The number of thiazole rings is 1. The van der Waals surface area contributed by atoms with Crippen LogP contribution in [0.1, 0.15) is 80.0 Å². The van der Waals surface area contributed by atoms with Gasteiger partial charge in [-0.05, 0) is 42.2 Å². The van der Waals surface area contributed by atoms with Gasteiger partial charge in [-0.2, -0.15) is 0 Å². The van der Waals surface area contributed by atoms with Crippen LogP contribution in [0.5, 0.6) is 0 Å². The molecule has 0 aliphatic rings. The quantitative estimate of drug-likeness (QED) is 0.154. The second-order valence-corrected chi connectivity index (χ2v) is 13.4. The van der Waals surface area contributed by atoms with Gasteiger partial charge in [0, 0.05) is 37.4 Å². The van der Waals surface area contributed by atoms with Crippen molar-refractivity contribution in [3.8, 4) is 0 Å². The molecule has 0 bridgehead atoms. The minimum absolute atomic E-state index is 0.101. The minimum atomic E-state index is -0.734. The van der Waals surface area contributed by atoms with Gasteiger partial charge in [-0.1, -0.05) is 94.8 Å². The second-order valence-electron chi connectivity index (χ2n) is 12.5. The fourth-order valence-corrected chi connectivity index (χ4v) is 6.30. The van der Waals surface area contributed by atoms with Crippen LogP contribution in [0.4, 0.5) is 4.79 Å². The Bertz CT molecular complexity index is 1450. The van der Waals surface area contributed by atoms with Crippen LogP contribution in [-0.2, 0) is 38.5 Å². The molecule has 1 heterocycles. The Kier molecular flexibility index (Phi) is 15.6. The molecule has 0 radical (unpaired) electrons. The number of nitrogens with zero attached hydrogens (tertiary/aromatic N) is 2. The Hall–Kier alpha value is -4.25. The van der Waals surface area contributed by atoms with Gasteiger partial charge in [0.15, 0.2) is 0 Å². The van der Waals surface area contributed by atoms with Gasteiger partial charge in [0.2, 0.25) is 5.91 Å². The zero-order valence-corrected chi connectivity index (χ0v) is 29.8. The van der Waals surface area contributed by atoms with E-state index in [1.54, 1.807) is 17.3 Å². The van der Waals surface area contributed by atoms with Crippen molar-refractivity contribution in [1.29, 1.82) is 0 Å². The maximum Gasteiger partial charge on any atom is 0.408 e. The highest BCUT2D eigenvalue weighted by atomic mass is 32.1. The maximum atomic E-state index is 13.8. The monoisotopic (exact) mass is 678 g/mol. The van der Waals surface area contributed by atoms with Crippen molar-refractivity contribution in [3.63, 3.8) is 0 Å². The summed E-state index contributed by atoms with van der Waals surface area (Å²) in [7, 11) is 3.13. The molecule has 260 valence electrons. The number of methoxy groups -OCH3 is 1. The fraction of sp³-hybridized carbons (Fsp3) is 0.486. The Morgan fingerprint density at radius 1 is 0.917 bits per heavy atom. The van der Waals surface area contributed by atoms with Crippen LogP contribution in [0, 0.1) is 11.8 Å². The van der Waals surface area contributed by atoms with Gasteiger partial charge in [0.05, 0.1) is 12.1 Å². The van der Waals surface area contributed by atoms with Crippen molar-refractivity contribution in [3.05, 3.63) is 87.9 Å². The highest BCUT2D eigenvalue weighted by molar-refractivity contribution is 7.09. The van der Waals surface area contributed by atoms with E-state index in [-0.39, 0.29) is 54.7 Å².